The van der Waals surface area contributed by atoms with E-state index in [2.05, 4.69) is 4.99 Å². The average molecular weight is 279 g/mol. The number of hydrogen-bond acceptors (Lipinski definition) is 3. The van der Waals surface area contributed by atoms with Crippen molar-refractivity contribution < 1.29 is 14.7 Å². The second kappa shape index (κ2) is 5.32. The number of nitrogens with zero attached hydrogens (tertiary/aromatic N) is 1. The minimum Gasteiger partial charge on any atom is -0.481 e. The van der Waals surface area contributed by atoms with Crippen LogP contribution in [0, 0.1) is 0 Å². The second-order valence-corrected chi connectivity index (χ2v) is 4.90. The monoisotopic (exact) mass is 279 g/mol. The SMILES string of the molecule is O=C(O)Cc1ccc2c(c1C(=O)c1ccccc1)CN=C2. The Bertz CT molecular complexity index is 748. The number of fused-ring (bicyclic) bond motifs is 1. The van der Waals surface area contributed by atoms with E-state index in [9.17, 15) is 9.59 Å². The van der Waals surface area contributed by atoms with Gasteiger partial charge in [-0.2, -0.15) is 0 Å². The first-order chi connectivity index (χ1) is 10.2. The summed E-state index contributed by atoms with van der Waals surface area (Å²) in [7, 11) is 0. The fourth-order valence-electron chi connectivity index (χ4n) is 2.57. The van der Waals surface area contributed by atoms with Gasteiger partial charge in [-0.05, 0) is 16.7 Å². The fourth-order valence-corrected chi connectivity index (χ4v) is 2.57. The van der Waals surface area contributed by atoms with Crippen molar-refractivity contribution in [2.24, 2.45) is 4.99 Å². The standard InChI is InChI=1S/C17H13NO3/c19-15(20)8-12-6-7-13-9-18-10-14(13)16(12)17(21)11-4-2-1-3-5-11/h1-7,9H,8,10H2,(H,19,20). The Morgan fingerprint density at radius 1 is 1.10 bits per heavy atom. The van der Waals surface area contributed by atoms with Crippen LogP contribution >= 0.6 is 0 Å². The first-order valence-corrected chi connectivity index (χ1v) is 6.63. The topological polar surface area (TPSA) is 66.7 Å². The van der Waals surface area contributed by atoms with Crippen molar-refractivity contribution in [1.29, 1.82) is 0 Å². The van der Waals surface area contributed by atoms with E-state index in [1.165, 1.54) is 0 Å². The van der Waals surface area contributed by atoms with Gasteiger partial charge >= 0.3 is 5.97 Å². The molecule has 1 aliphatic rings. The van der Waals surface area contributed by atoms with Gasteiger partial charge in [-0.25, -0.2) is 0 Å². The van der Waals surface area contributed by atoms with E-state index in [0.717, 1.165) is 11.1 Å². The van der Waals surface area contributed by atoms with E-state index in [1.807, 2.05) is 12.1 Å². The molecule has 2 aromatic carbocycles. The smallest absolute Gasteiger partial charge is 0.307 e. The van der Waals surface area contributed by atoms with Crippen LogP contribution < -0.4 is 0 Å². The van der Waals surface area contributed by atoms with Crippen LogP contribution in [-0.4, -0.2) is 23.1 Å². The summed E-state index contributed by atoms with van der Waals surface area (Å²) in [4.78, 5) is 28.0. The highest BCUT2D eigenvalue weighted by atomic mass is 16.4. The van der Waals surface area contributed by atoms with Gasteiger partial charge in [-0.3, -0.25) is 14.6 Å². The highest BCUT2D eigenvalue weighted by Crippen LogP contribution is 2.26. The van der Waals surface area contributed by atoms with Gasteiger partial charge in [0.1, 0.15) is 0 Å². The molecule has 0 radical (unpaired) electrons. The van der Waals surface area contributed by atoms with Crippen LogP contribution in [0.4, 0.5) is 0 Å². The molecule has 0 amide bonds. The predicted molar refractivity (Wildman–Crippen MR) is 79.0 cm³/mol. The number of rotatable bonds is 4. The first-order valence-electron chi connectivity index (χ1n) is 6.63. The molecule has 0 spiro atoms. The van der Waals surface area contributed by atoms with Crippen LogP contribution in [0.1, 0.15) is 32.6 Å². The minimum absolute atomic E-state index is 0.144. The summed E-state index contributed by atoms with van der Waals surface area (Å²) in [6.45, 7) is 0.427. The molecule has 0 aliphatic carbocycles. The number of carbonyl (C=O) groups is 2. The lowest BCUT2D eigenvalue weighted by molar-refractivity contribution is -0.136. The predicted octanol–water partition coefficient (Wildman–Crippen LogP) is 2.48. The zero-order chi connectivity index (χ0) is 14.8. The van der Waals surface area contributed by atoms with Gasteiger partial charge in [0, 0.05) is 17.3 Å². The Kier molecular flexibility index (Phi) is 3.36. The third kappa shape index (κ3) is 2.48. The number of carboxylic acid groups (broad SMARTS) is 1. The van der Waals surface area contributed by atoms with E-state index in [0.29, 0.717) is 23.2 Å². The molecule has 0 saturated carbocycles. The van der Waals surface area contributed by atoms with Gasteiger partial charge in [0.25, 0.3) is 0 Å². The zero-order valence-corrected chi connectivity index (χ0v) is 11.2. The van der Waals surface area contributed by atoms with Crippen molar-refractivity contribution >= 4 is 18.0 Å². The highest BCUT2D eigenvalue weighted by molar-refractivity contribution is 6.12. The van der Waals surface area contributed by atoms with Crippen molar-refractivity contribution in [2.45, 2.75) is 13.0 Å². The number of carboxylic acids is 1. The summed E-state index contributed by atoms with van der Waals surface area (Å²) in [6, 6.07) is 12.4. The van der Waals surface area contributed by atoms with Crippen LogP contribution in [0.2, 0.25) is 0 Å². The van der Waals surface area contributed by atoms with Crippen molar-refractivity contribution in [3.8, 4) is 0 Å². The molecule has 0 saturated heterocycles. The maximum absolute atomic E-state index is 12.8. The Morgan fingerprint density at radius 2 is 1.86 bits per heavy atom. The summed E-state index contributed by atoms with van der Waals surface area (Å²) >= 11 is 0. The van der Waals surface area contributed by atoms with E-state index < -0.39 is 5.97 Å². The van der Waals surface area contributed by atoms with E-state index in [1.54, 1.807) is 36.5 Å². The number of aliphatic imine (C=N–C) groups is 1. The van der Waals surface area contributed by atoms with Crippen LogP contribution in [0.15, 0.2) is 47.5 Å². The van der Waals surface area contributed by atoms with Gasteiger partial charge in [-0.15, -0.1) is 0 Å². The number of hydrogen-bond donors (Lipinski definition) is 1. The van der Waals surface area contributed by atoms with Gasteiger partial charge in [-0.1, -0.05) is 42.5 Å². The molecular formula is C17H13NO3. The van der Waals surface area contributed by atoms with E-state index in [4.69, 9.17) is 5.11 Å². The summed E-state index contributed by atoms with van der Waals surface area (Å²) in [5.74, 6) is -1.09. The maximum Gasteiger partial charge on any atom is 0.307 e. The molecule has 4 nitrogen and oxygen atoms in total. The fraction of sp³-hybridized carbons (Fsp3) is 0.118. The molecule has 0 fully saturated rings. The van der Waals surface area contributed by atoms with E-state index in [-0.39, 0.29) is 12.2 Å². The van der Waals surface area contributed by atoms with E-state index >= 15 is 0 Å². The lowest BCUT2D eigenvalue weighted by Gasteiger charge is -2.12. The minimum atomic E-state index is -0.948. The molecular weight excluding hydrogens is 266 g/mol. The molecule has 4 heteroatoms. The lowest BCUT2D eigenvalue weighted by Crippen LogP contribution is -2.13. The van der Waals surface area contributed by atoms with Crippen molar-refractivity contribution in [1.82, 2.24) is 0 Å². The van der Waals surface area contributed by atoms with Gasteiger partial charge in [0.15, 0.2) is 5.78 Å². The molecule has 0 bridgehead atoms. The van der Waals surface area contributed by atoms with Crippen LogP contribution in [0.25, 0.3) is 0 Å². The van der Waals surface area contributed by atoms with Crippen LogP contribution in [-0.2, 0) is 17.8 Å². The largest absolute Gasteiger partial charge is 0.481 e. The number of aliphatic carboxylic acids is 1. The first kappa shape index (κ1) is 13.2. The molecule has 0 unspecified atom stereocenters. The maximum atomic E-state index is 12.8. The van der Waals surface area contributed by atoms with Crippen molar-refractivity contribution in [3.05, 3.63) is 70.3 Å². The molecule has 2 aromatic rings. The zero-order valence-electron chi connectivity index (χ0n) is 11.2. The molecule has 1 aliphatic heterocycles. The summed E-state index contributed by atoms with van der Waals surface area (Å²) in [5, 5.41) is 9.05. The molecule has 1 N–H and O–H groups in total. The van der Waals surface area contributed by atoms with Crippen LogP contribution in [0.3, 0.4) is 0 Å². The third-order valence-electron chi connectivity index (χ3n) is 3.52. The Balaban J connectivity index is 2.13. The molecule has 1 heterocycles. The Hall–Kier alpha value is -2.75. The average Bonchev–Trinajstić information content (AvgIpc) is 2.95. The van der Waals surface area contributed by atoms with Gasteiger partial charge in [0.2, 0.25) is 0 Å². The van der Waals surface area contributed by atoms with Crippen molar-refractivity contribution in [2.75, 3.05) is 0 Å². The summed E-state index contributed by atoms with van der Waals surface area (Å²) < 4.78 is 0. The molecule has 104 valence electrons. The quantitative estimate of drug-likeness (QED) is 0.874. The number of carbonyl (C=O) groups excluding carboxylic acids is 1. The highest BCUT2D eigenvalue weighted by Gasteiger charge is 2.22. The summed E-state index contributed by atoms with van der Waals surface area (Å²) in [5.41, 5.74) is 3.30. The molecule has 0 atom stereocenters. The molecule has 0 aromatic heterocycles. The molecule has 21 heavy (non-hydrogen) atoms. The molecule has 3 rings (SSSR count). The third-order valence-corrected chi connectivity index (χ3v) is 3.52. The Labute approximate surface area is 121 Å². The second-order valence-electron chi connectivity index (χ2n) is 4.90. The Morgan fingerprint density at radius 3 is 2.57 bits per heavy atom. The van der Waals surface area contributed by atoms with Crippen molar-refractivity contribution in [3.63, 3.8) is 0 Å². The number of benzene rings is 2. The number of ketones is 1. The lowest BCUT2D eigenvalue weighted by atomic mass is 9.90. The van der Waals surface area contributed by atoms with Crippen LogP contribution in [0.5, 0.6) is 0 Å². The van der Waals surface area contributed by atoms with Gasteiger partial charge in [0.05, 0.1) is 13.0 Å². The normalized spacial score (nSPS) is 12.2. The summed E-state index contributed by atoms with van der Waals surface area (Å²) in [6.07, 6.45) is 1.56. The van der Waals surface area contributed by atoms with Gasteiger partial charge < -0.3 is 5.11 Å².